The molecule has 254 valence electrons. The molecule has 4 heteroatoms. The maximum atomic E-state index is 2.56. The second kappa shape index (κ2) is 14.2. The molecule has 0 nitrogen and oxygen atoms in total. The molecule has 46 heavy (non-hydrogen) atoms. The van der Waals surface area contributed by atoms with Crippen LogP contribution >= 0.6 is 7.92 Å². The van der Waals surface area contributed by atoms with Crippen LogP contribution in [0.15, 0.2) is 72.8 Å². The van der Waals surface area contributed by atoms with Gasteiger partial charge < -0.3 is 0 Å². The molecule has 0 aliphatic carbocycles. The van der Waals surface area contributed by atoms with Gasteiger partial charge in [-0.2, -0.15) is 0 Å². The zero-order chi connectivity index (χ0) is 35.3. The Balaban J connectivity index is 2.63. The first kappa shape index (κ1) is 40.2. The van der Waals surface area contributed by atoms with Crippen LogP contribution in [0.1, 0.15) is 125 Å². The quantitative estimate of drug-likeness (QED) is 0.172. The fourth-order valence-corrected chi connectivity index (χ4v) is 39.1. The molecule has 0 fully saturated rings. The minimum atomic E-state index is -1.58. The van der Waals surface area contributed by atoms with E-state index in [0.29, 0.717) is 0 Å². The van der Waals surface area contributed by atoms with Crippen molar-refractivity contribution in [1.82, 2.24) is 0 Å². The summed E-state index contributed by atoms with van der Waals surface area (Å²) >= 11 is -4.74. The summed E-state index contributed by atoms with van der Waals surface area (Å²) in [6.07, 6.45) is 0. The topological polar surface area (TPSA) is 0 Å². The van der Waals surface area contributed by atoms with Crippen molar-refractivity contribution in [2.75, 3.05) is 0 Å². The van der Waals surface area contributed by atoms with Crippen LogP contribution in [0.4, 0.5) is 0 Å². The Morgan fingerprint density at radius 1 is 0.304 bits per heavy atom. The monoisotopic (exact) mass is 826 g/mol. The van der Waals surface area contributed by atoms with Crippen LogP contribution in [0.5, 0.6) is 0 Å². The number of hydrogen-bond acceptors (Lipinski definition) is 0. The van der Waals surface area contributed by atoms with E-state index in [1.807, 2.05) is 0 Å². The van der Waals surface area contributed by atoms with Crippen LogP contribution in [-0.2, 0) is 0 Å². The van der Waals surface area contributed by atoms with E-state index in [9.17, 15) is 0 Å². The SMILES string of the molecule is CC(C)(C)[As](c1ccccc1P(c1ccccc1[As](C(C)(C)C)C(C)(C)C)c1ccccc1[As](C(C)(C)C)C(C)(C)C)C(C)(C)C. The molecule has 0 aromatic heterocycles. The van der Waals surface area contributed by atoms with Crippen molar-refractivity contribution in [3.63, 3.8) is 0 Å². The molecule has 0 aliphatic heterocycles. The molecule has 0 N–H and O–H groups in total. The van der Waals surface area contributed by atoms with Crippen molar-refractivity contribution < 1.29 is 0 Å². The van der Waals surface area contributed by atoms with E-state index in [4.69, 9.17) is 0 Å². The molecule has 0 radical (unpaired) electrons. The number of rotatable bonds is 6. The first-order valence-electron chi connectivity index (χ1n) is 17.2. The fraction of sp³-hybridized carbons (Fsp3) is 0.571. The van der Waals surface area contributed by atoms with Crippen LogP contribution in [-0.4, -0.2) is 44.0 Å². The van der Waals surface area contributed by atoms with Gasteiger partial charge in [0, 0.05) is 0 Å². The van der Waals surface area contributed by atoms with Crippen molar-refractivity contribution >= 4 is 80.8 Å². The summed E-state index contributed by atoms with van der Waals surface area (Å²) in [6, 6.07) is 29.4. The Morgan fingerprint density at radius 3 is 0.652 bits per heavy atom. The third-order valence-corrected chi connectivity index (χ3v) is 34.3. The Kier molecular flexibility index (Phi) is 12.4. The maximum absolute atomic E-state index is 2.56. The van der Waals surface area contributed by atoms with Crippen molar-refractivity contribution in [3.05, 3.63) is 72.8 Å². The molecular weight excluding hydrogens is 760 g/mol. The van der Waals surface area contributed by atoms with E-state index in [1.165, 1.54) is 0 Å². The van der Waals surface area contributed by atoms with E-state index in [2.05, 4.69) is 197 Å². The first-order valence-corrected chi connectivity index (χ1v) is 27.0. The van der Waals surface area contributed by atoms with Crippen molar-refractivity contribution in [2.45, 2.75) is 150 Å². The fourth-order valence-electron chi connectivity index (χ4n) is 8.10. The molecule has 3 aromatic rings. The van der Waals surface area contributed by atoms with Crippen LogP contribution in [0.25, 0.3) is 0 Å². The third kappa shape index (κ3) is 9.30. The Hall–Kier alpha value is -0.235. The van der Waals surface area contributed by atoms with Crippen LogP contribution in [0.2, 0.25) is 25.2 Å². The Bertz CT molecular complexity index is 1240. The number of benzene rings is 3. The van der Waals surface area contributed by atoms with E-state index in [1.54, 1.807) is 29.0 Å². The van der Waals surface area contributed by atoms with Crippen molar-refractivity contribution in [1.29, 1.82) is 0 Å². The molecule has 0 spiro atoms. The average Bonchev–Trinajstić information content (AvgIpc) is 2.82. The summed E-state index contributed by atoms with van der Waals surface area (Å²) in [4.78, 5) is 0. The summed E-state index contributed by atoms with van der Waals surface area (Å²) in [5.74, 6) is 0. The second-order valence-corrected chi connectivity index (χ2v) is 45.1. The normalized spacial score (nSPS) is 14.2. The van der Waals surface area contributed by atoms with Crippen LogP contribution < -0.4 is 29.0 Å². The van der Waals surface area contributed by atoms with Gasteiger partial charge in [-0.3, -0.25) is 0 Å². The second-order valence-electron chi connectivity index (χ2n) is 18.8. The Morgan fingerprint density at radius 2 is 0.478 bits per heavy atom. The van der Waals surface area contributed by atoms with Crippen LogP contribution in [0.3, 0.4) is 0 Å². The molecule has 0 aliphatic rings. The Labute approximate surface area is 301 Å². The molecule has 0 atom stereocenters. The van der Waals surface area contributed by atoms with Gasteiger partial charge in [-0.15, -0.1) is 0 Å². The van der Waals surface area contributed by atoms with E-state index < -0.39 is 51.9 Å². The molecule has 0 unspecified atom stereocenters. The van der Waals surface area contributed by atoms with Gasteiger partial charge in [-0.05, 0) is 0 Å². The number of hydrogen-bond donors (Lipinski definition) is 0. The molecule has 3 rings (SSSR count). The molecule has 0 heterocycles. The molecule has 0 saturated carbocycles. The third-order valence-electron chi connectivity index (χ3n) is 8.12. The van der Waals surface area contributed by atoms with E-state index in [-0.39, 0.29) is 25.2 Å². The standard InChI is InChI=1S/C42H66As3P/c1-37(2,3)43(38(4,5)6)31-25-19-22-28-34(31)46(35-29-23-20-26-32(35)44(39(7,8)9)40(10,11)12)36-30-24-21-27-33(36)45(41(13,14)15)42(16,17)18/h19-30H,1-18H3. The van der Waals surface area contributed by atoms with Gasteiger partial charge in [0.05, 0.1) is 0 Å². The van der Waals surface area contributed by atoms with Gasteiger partial charge in [0.15, 0.2) is 0 Å². The van der Waals surface area contributed by atoms with E-state index in [0.717, 1.165) is 0 Å². The predicted molar refractivity (Wildman–Crippen MR) is 220 cm³/mol. The van der Waals surface area contributed by atoms with Crippen molar-refractivity contribution in [3.8, 4) is 0 Å². The summed E-state index contributed by atoms with van der Waals surface area (Å²) in [7, 11) is -0.779. The molecule has 0 bridgehead atoms. The molecule has 3 aromatic carbocycles. The van der Waals surface area contributed by atoms with Gasteiger partial charge >= 0.3 is 303 Å². The van der Waals surface area contributed by atoms with Gasteiger partial charge in [0.25, 0.3) is 0 Å². The van der Waals surface area contributed by atoms with Crippen molar-refractivity contribution in [2.24, 2.45) is 0 Å². The van der Waals surface area contributed by atoms with Gasteiger partial charge in [-0.1, -0.05) is 0 Å². The minimum absolute atomic E-state index is 0.268. The van der Waals surface area contributed by atoms with Gasteiger partial charge in [-0.25, -0.2) is 0 Å². The summed E-state index contributed by atoms with van der Waals surface area (Å²) in [6.45, 7) is 45.3. The van der Waals surface area contributed by atoms with Crippen LogP contribution in [0, 0.1) is 0 Å². The zero-order valence-corrected chi connectivity index (χ0v) is 39.2. The average molecular weight is 827 g/mol. The predicted octanol–water partition coefficient (Wildman–Crippen LogP) is 10.4. The molecule has 0 saturated heterocycles. The first-order chi connectivity index (χ1) is 20.7. The molecule has 0 amide bonds. The molecular formula is C42H66As3P. The zero-order valence-electron chi connectivity index (χ0n) is 32.7. The summed E-state index contributed by atoms with van der Waals surface area (Å²) in [5.41, 5.74) is 0. The van der Waals surface area contributed by atoms with Gasteiger partial charge in [0.2, 0.25) is 0 Å². The van der Waals surface area contributed by atoms with Gasteiger partial charge in [0.1, 0.15) is 0 Å². The summed E-state index contributed by atoms with van der Waals surface area (Å²) in [5, 5.41) is 4.90. The summed E-state index contributed by atoms with van der Waals surface area (Å²) < 4.78 is 6.70. The van der Waals surface area contributed by atoms with E-state index >= 15 is 0 Å².